The minimum Gasteiger partial charge on any atom is -0.453 e. The molecule has 1 atom stereocenters. The smallest absolute Gasteiger partial charge is 0.348 e. The number of nitrogens with one attached hydrogen (secondary N) is 1. The number of amides is 1. The normalized spacial score (nSPS) is 22.1. The van der Waals surface area contributed by atoms with Gasteiger partial charge in [0.2, 0.25) is 5.60 Å². The maximum Gasteiger partial charge on any atom is 0.348 e. The van der Waals surface area contributed by atoms with Crippen LogP contribution in [0.25, 0.3) is 0 Å². The Hall–Kier alpha value is -3.92. The molecule has 194 valence electrons. The number of aliphatic hydroxyl groups is 1. The molecule has 3 aliphatic heterocycles. The van der Waals surface area contributed by atoms with Crippen LogP contribution in [0.4, 0.5) is 0 Å². The van der Waals surface area contributed by atoms with Crippen molar-refractivity contribution in [3.05, 3.63) is 108 Å². The molecule has 0 radical (unpaired) electrons. The zero-order chi connectivity index (χ0) is 26.4. The Bertz CT molecular complexity index is 1270. The van der Waals surface area contributed by atoms with Crippen molar-refractivity contribution < 1.29 is 23.9 Å². The number of carbonyl (C=O) groups is 2. The second-order valence-corrected chi connectivity index (χ2v) is 10.3. The fraction of sp³-hybridized carbons (Fsp3) is 0.312. The Labute approximate surface area is 223 Å². The highest BCUT2D eigenvalue weighted by molar-refractivity contribution is 5.94. The first-order valence-corrected chi connectivity index (χ1v) is 13.2. The molecule has 3 fully saturated rings. The summed E-state index contributed by atoms with van der Waals surface area (Å²) in [5.74, 6) is 4.88. The number of nitrogens with zero attached hydrogens (tertiary/aromatic N) is 1. The first-order valence-electron chi connectivity index (χ1n) is 13.2. The van der Waals surface area contributed by atoms with E-state index in [-0.39, 0.29) is 17.9 Å². The lowest BCUT2D eigenvalue weighted by atomic mass is 9.82. The molecule has 6 rings (SSSR count). The summed E-state index contributed by atoms with van der Waals surface area (Å²) < 4.78 is 6.91. The molecule has 38 heavy (non-hydrogen) atoms. The number of piperidine rings is 3. The van der Waals surface area contributed by atoms with Crippen molar-refractivity contribution in [3.8, 4) is 11.8 Å². The number of fused-ring (bicyclic) bond motifs is 3. The molecule has 3 saturated heterocycles. The van der Waals surface area contributed by atoms with Crippen molar-refractivity contribution in [3.63, 3.8) is 0 Å². The van der Waals surface area contributed by atoms with Crippen molar-refractivity contribution in [2.75, 3.05) is 32.7 Å². The minimum absolute atomic E-state index is 0.279. The molecule has 0 saturated carbocycles. The second kappa shape index (κ2) is 11.2. The molecular weight excluding hydrogens is 476 g/mol. The summed E-state index contributed by atoms with van der Waals surface area (Å²) in [7, 11) is 0. The number of esters is 1. The van der Waals surface area contributed by atoms with E-state index in [4.69, 9.17) is 4.74 Å². The van der Waals surface area contributed by atoms with Gasteiger partial charge in [0.25, 0.3) is 5.91 Å². The van der Waals surface area contributed by atoms with E-state index in [0.717, 1.165) is 42.5 Å². The fourth-order valence-corrected chi connectivity index (χ4v) is 5.75. The lowest BCUT2D eigenvalue weighted by Crippen LogP contribution is -2.66. The third-order valence-corrected chi connectivity index (χ3v) is 7.94. The van der Waals surface area contributed by atoms with Gasteiger partial charge in [-0.2, -0.15) is 0 Å². The zero-order valence-corrected chi connectivity index (χ0v) is 21.4. The molecule has 0 unspecified atom stereocenters. The standard InChI is InChI=1S/C32H32N2O4/c35-30(17-16-25-10-4-1-5-11-25)33-20-23-34-21-18-26(19-22-34)29(24-34)38-31(36)32(37,27-12-6-2-7-13-27)28-14-8-3-9-15-28/h1-15,26,29,37H,18-24H2/p+1/t26?,29-,34?/m0/s1. The van der Waals surface area contributed by atoms with E-state index >= 15 is 0 Å². The van der Waals surface area contributed by atoms with E-state index in [1.54, 1.807) is 24.3 Å². The molecule has 6 nitrogen and oxygen atoms in total. The highest BCUT2D eigenvalue weighted by Crippen LogP contribution is 2.38. The van der Waals surface area contributed by atoms with Crippen molar-refractivity contribution in [2.45, 2.75) is 24.5 Å². The van der Waals surface area contributed by atoms with E-state index < -0.39 is 11.6 Å². The monoisotopic (exact) mass is 509 g/mol. The molecular formula is C32H33N2O4+. The summed E-state index contributed by atoms with van der Waals surface area (Å²) in [4.78, 5) is 25.9. The van der Waals surface area contributed by atoms with Gasteiger partial charge in [-0.25, -0.2) is 4.79 Å². The van der Waals surface area contributed by atoms with Crippen LogP contribution in [-0.4, -0.2) is 60.3 Å². The van der Waals surface area contributed by atoms with Gasteiger partial charge >= 0.3 is 5.97 Å². The largest absolute Gasteiger partial charge is 0.453 e. The first kappa shape index (κ1) is 25.7. The Kier molecular flexibility index (Phi) is 7.59. The van der Waals surface area contributed by atoms with Gasteiger partial charge in [0.15, 0.2) is 6.10 Å². The zero-order valence-electron chi connectivity index (χ0n) is 21.4. The topological polar surface area (TPSA) is 75.6 Å². The summed E-state index contributed by atoms with van der Waals surface area (Å²) in [6.07, 6.45) is 1.63. The number of carbonyl (C=O) groups excluding carboxylic acids is 2. The van der Waals surface area contributed by atoms with Crippen LogP contribution < -0.4 is 5.32 Å². The van der Waals surface area contributed by atoms with E-state index in [1.165, 1.54) is 0 Å². The number of hydrogen-bond acceptors (Lipinski definition) is 4. The highest BCUT2D eigenvalue weighted by Gasteiger charge is 2.50. The van der Waals surface area contributed by atoms with Crippen LogP contribution >= 0.6 is 0 Å². The van der Waals surface area contributed by atoms with E-state index in [2.05, 4.69) is 17.2 Å². The van der Waals surface area contributed by atoms with Crippen LogP contribution in [0.1, 0.15) is 29.5 Å². The van der Waals surface area contributed by atoms with Crippen LogP contribution in [0.2, 0.25) is 0 Å². The summed E-state index contributed by atoms with van der Waals surface area (Å²) in [5.41, 5.74) is -0.107. The van der Waals surface area contributed by atoms with Crippen molar-refractivity contribution in [2.24, 2.45) is 5.92 Å². The Morgan fingerprint density at radius 2 is 1.45 bits per heavy atom. The first-order chi connectivity index (χ1) is 18.5. The number of hydrogen-bond donors (Lipinski definition) is 2. The molecule has 3 aromatic rings. The fourth-order valence-electron chi connectivity index (χ4n) is 5.75. The summed E-state index contributed by atoms with van der Waals surface area (Å²) in [6.45, 7) is 3.92. The third-order valence-electron chi connectivity index (χ3n) is 7.94. The molecule has 0 spiro atoms. The third kappa shape index (κ3) is 5.50. The number of benzene rings is 3. The minimum atomic E-state index is -1.88. The predicted molar refractivity (Wildman–Crippen MR) is 145 cm³/mol. The van der Waals surface area contributed by atoms with E-state index in [9.17, 15) is 14.7 Å². The molecule has 3 heterocycles. The van der Waals surface area contributed by atoms with Gasteiger partial charge in [0.1, 0.15) is 6.54 Å². The van der Waals surface area contributed by atoms with Gasteiger partial charge in [0.05, 0.1) is 26.2 Å². The summed E-state index contributed by atoms with van der Waals surface area (Å²) in [5, 5.41) is 14.7. The van der Waals surface area contributed by atoms with Crippen LogP contribution in [0.3, 0.4) is 0 Å². The van der Waals surface area contributed by atoms with Crippen molar-refractivity contribution in [1.82, 2.24) is 5.32 Å². The molecule has 3 aromatic carbocycles. The number of quaternary nitrogens is 1. The van der Waals surface area contributed by atoms with Crippen molar-refractivity contribution >= 4 is 11.9 Å². The molecule has 1 amide bonds. The van der Waals surface area contributed by atoms with Crippen LogP contribution in [0, 0.1) is 17.8 Å². The predicted octanol–water partition coefficient (Wildman–Crippen LogP) is 3.24. The maximum absolute atomic E-state index is 13.7. The average Bonchev–Trinajstić information content (AvgIpc) is 2.97. The maximum atomic E-state index is 13.7. The van der Waals surface area contributed by atoms with Crippen molar-refractivity contribution in [1.29, 1.82) is 0 Å². The van der Waals surface area contributed by atoms with Gasteiger partial charge in [-0.3, -0.25) is 4.79 Å². The lowest BCUT2D eigenvalue weighted by molar-refractivity contribution is -0.945. The Morgan fingerprint density at radius 1 is 0.895 bits per heavy atom. The van der Waals surface area contributed by atoms with Gasteiger partial charge in [-0.1, -0.05) is 84.8 Å². The average molecular weight is 510 g/mol. The Balaban J connectivity index is 1.24. The molecule has 2 bridgehead atoms. The SMILES string of the molecule is O=C(C#Cc1ccccc1)NCC[N+]12CCC(CC1)[C@@H](OC(=O)C(O)(c1ccccc1)c1ccccc1)C2. The lowest BCUT2D eigenvalue weighted by Gasteiger charge is -2.52. The van der Waals surface area contributed by atoms with Crippen LogP contribution in [0.5, 0.6) is 0 Å². The molecule has 6 heteroatoms. The van der Waals surface area contributed by atoms with E-state index in [0.29, 0.717) is 24.2 Å². The van der Waals surface area contributed by atoms with Gasteiger partial charge in [0, 0.05) is 30.2 Å². The molecule has 2 N–H and O–H groups in total. The number of ether oxygens (including phenoxy) is 1. The Morgan fingerprint density at radius 3 is 2.03 bits per heavy atom. The molecule has 3 aliphatic rings. The van der Waals surface area contributed by atoms with Gasteiger partial charge < -0.3 is 19.6 Å². The second-order valence-electron chi connectivity index (χ2n) is 10.3. The van der Waals surface area contributed by atoms with Crippen LogP contribution in [0.15, 0.2) is 91.0 Å². The summed E-state index contributed by atoms with van der Waals surface area (Å²) in [6, 6.07) is 27.4. The summed E-state index contributed by atoms with van der Waals surface area (Å²) >= 11 is 0. The molecule has 0 aliphatic carbocycles. The van der Waals surface area contributed by atoms with Crippen LogP contribution in [-0.2, 0) is 19.9 Å². The quantitative estimate of drug-likeness (QED) is 0.291. The number of rotatable bonds is 7. The highest BCUT2D eigenvalue weighted by atomic mass is 16.6. The van der Waals surface area contributed by atoms with E-state index in [1.807, 2.05) is 66.7 Å². The van der Waals surface area contributed by atoms with Gasteiger partial charge in [-0.15, -0.1) is 0 Å². The van der Waals surface area contributed by atoms with Gasteiger partial charge in [-0.05, 0) is 23.3 Å². The molecule has 0 aromatic heterocycles.